The van der Waals surface area contributed by atoms with Gasteiger partial charge in [-0.1, -0.05) is 0 Å². The summed E-state index contributed by atoms with van der Waals surface area (Å²) in [5.74, 6) is -2.74. The average molecular weight is 295 g/mol. The van der Waals surface area contributed by atoms with Crippen molar-refractivity contribution in [1.82, 2.24) is 9.88 Å². The Morgan fingerprint density at radius 2 is 2.00 bits per heavy atom. The highest BCUT2D eigenvalue weighted by Gasteiger charge is 2.23. The van der Waals surface area contributed by atoms with Gasteiger partial charge in [0, 0.05) is 25.2 Å². The molecule has 1 aromatic heterocycles. The third-order valence-corrected chi connectivity index (χ3v) is 2.93. The molecule has 2 amide bonds. The Kier molecular flexibility index (Phi) is 5.23. The van der Waals surface area contributed by atoms with Crippen LogP contribution >= 0.6 is 0 Å². The molecular formula is C13H17N3O5. The van der Waals surface area contributed by atoms with E-state index in [4.69, 9.17) is 10.8 Å². The molecule has 1 aromatic rings. The number of carboxylic acids is 1. The van der Waals surface area contributed by atoms with Gasteiger partial charge in [0.1, 0.15) is 11.7 Å². The number of aliphatic carboxylic acids is 1. The van der Waals surface area contributed by atoms with Crippen LogP contribution in [0.4, 0.5) is 0 Å². The number of Topliss-reactive ketones (excluding diaryl/α,β-unsaturated/α-hetero) is 1. The number of aryl methyl sites for hydroxylation is 1. The molecule has 0 unspecified atom stereocenters. The molecule has 0 saturated heterocycles. The van der Waals surface area contributed by atoms with Gasteiger partial charge in [0.05, 0.1) is 0 Å². The van der Waals surface area contributed by atoms with Crippen molar-refractivity contribution in [2.24, 2.45) is 12.8 Å². The smallest absolute Gasteiger partial charge is 0.326 e. The zero-order valence-electron chi connectivity index (χ0n) is 11.8. The van der Waals surface area contributed by atoms with Crippen molar-refractivity contribution in [3.8, 4) is 0 Å². The standard InChI is InChI=1S/C13H17N3O5/c1-7(17)8-5-10(16(2)6-8)12(19)15-9(13(20)21)3-4-11(14)18/h5-6,9H,3-4H2,1-2H3,(H2,14,18)(H,15,19)(H,20,21)/t9-/m1/s1. The number of amides is 2. The fraction of sp³-hybridized carbons (Fsp3) is 0.385. The van der Waals surface area contributed by atoms with Crippen molar-refractivity contribution in [2.75, 3.05) is 0 Å². The van der Waals surface area contributed by atoms with Crippen LogP contribution in [-0.4, -0.2) is 39.3 Å². The Morgan fingerprint density at radius 1 is 1.38 bits per heavy atom. The van der Waals surface area contributed by atoms with Crippen molar-refractivity contribution >= 4 is 23.6 Å². The topological polar surface area (TPSA) is 131 Å². The predicted octanol–water partition coefficient (Wildman–Crippen LogP) is -0.324. The van der Waals surface area contributed by atoms with Gasteiger partial charge in [-0.15, -0.1) is 0 Å². The molecular weight excluding hydrogens is 278 g/mol. The molecule has 0 aromatic carbocycles. The Hall–Kier alpha value is -2.64. The lowest BCUT2D eigenvalue weighted by atomic mass is 10.1. The molecule has 1 heterocycles. The first kappa shape index (κ1) is 16.4. The molecule has 0 spiro atoms. The highest BCUT2D eigenvalue weighted by molar-refractivity contribution is 6.00. The van der Waals surface area contributed by atoms with Crippen LogP contribution in [-0.2, 0) is 16.6 Å². The van der Waals surface area contributed by atoms with Crippen LogP contribution in [0.3, 0.4) is 0 Å². The maximum absolute atomic E-state index is 12.0. The second kappa shape index (κ2) is 6.69. The lowest BCUT2D eigenvalue weighted by Gasteiger charge is -2.13. The summed E-state index contributed by atoms with van der Waals surface area (Å²) in [5, 5.41) is 11.3. The molecule has 0 fully saturated rings. The number of hydrogen-bond acceptors (Lipinski definition) is 4. The van der Waals surface area contributed by atoms with E-state index in [1.54, 1.807) is 7.05 Å². The second-order valence-corrected chi connectivity index (χ2v) is 4.65. The summed E-state index contributed by atoms with van der Waals surface area (Å²) in [6, 6.07) is 0.158. The Labute approximate surface area is 120 Å². The summed E-state index contributed by atoms with van der Waals surface area (Å²) in [5.41, 5.74) is 5.47. The summed E-state index contributed by atoms with van der Waals surface area (Å²) in [7, 11) is 1.57. The number of carbonyl (C=O) groups excluding carboxylic acids is 3. The van der Waals surface area contributed by atoms with E-state index in [2.05, 4.69) is 5.32 Å². The number of nitrogens with one attached hydrogen (secondary N) is 1. The summed E-state index contributed by atoms with van der Waals surface area (Å²) in [6.07, 6.45) is 1.24. The molecule has 1 rings (SSSR count). The molecule has 21 heavy (non-hydrogen) atoms. The van der Waals surface area contributed by atoms with Gasteiger partial charge >= 0.3 is 5.97 Å². The highest BCUT2D eigenvalue weighted by atomic mass is 16.4. The number of primary amides is 1. The molecule has 0 bridgehead atoms. The van der Waals surface area contributed by atoms with E-state index >= 15 is 0 Å². The van der Waals surface area contributed by atoms with Crippen molar-refractivity contribution in [3.63, 3.8) is 0 Å². The lowest BCUT2D eigenvalue weighted by molar-refractivity contribution is -0.139. The molecule has 1 atom stereocenters. The van der Waals surface area contributed by atoms with E-state index < -0.39 is 23.8 Å². The molecule has 8 nitrogen and oxygen atoms in total. The van der Waals surface area contributed by atoms with Gasteiger partial charge in [0.15, 0.2) is 5.78 Å². The average Bonchev–Trinajstić information content (AvgIpc) is 2.76. The SMILES string of the molecule is CC(=O)c1cc(C(=O)N[C@H](CCC(N)=O)C(=O)O)n(C)c1. The van der Waals surface area contributed by atoms with Gasteiger partial charge in [-0.2, -0.15) is 0 Å². The van der Waals surface area contributed by atoms with Crippen LogP contribution in [0.5, 0.6) is 0 Å². The molecule has 0 aliphatic rings. The molecule has 4 N–H and O–H groups in total. The fourth-order valence-electron chi connectivity index (χ4n) is 1.76. The minimum atomic E-state index is -1.26. The zero-order valence-corrected chi connectivity index (χ0v) is 11.8. The molecule has 8 heteroatoms. The van der Waals surface area contributed by atoms with E-state index in [9.17, 15) is 19.2 Å². The number of carbonyl (C=O) groups is 4. The summed E-state index contributed by atoms with van der Waals surface area (Å²) < 4.78 is 1.43. The van der Waals surface area contributed by atoms with Crippen LogP contribution in [0.2, 0.25) is 0 Å². The number of nitrogens with zero attached hydrogens (tertiary/aromatic N) is 1. The first-order valence-electron chi connectivity index (χ1n) is 6.21. The second-order valence-electron chi connectivity index (χ2n) is 4.65. The van der Waals surface area contributed by atoms with Crippen LogP contribution < -0.4 is 11.1 Å². The Balaban J connectivity index is 2.84. The van der Waals surface area contributed by atoms with Gasteiger partial charge in [-0.3, -0.25) is 14.4 Å². The molecule has 0 aliphatic carbocycles. The number of aromatic nitrogens is 1. The molecule has 0 aliphatic heterocycles. The van der Waals surface area contributed by atoms with E-state index in [1.807, 2.05) is 0 Å². The number of ketones is 1. The van der Waals surface area contributed by atoms with Crippen molar-refractivity contribution in [2.45, 2.75) is 25.8 Å². The number of carboxylic acid groups (broad SMARTS) is 1. The van der Waals surface area contributed by atoms with Gasteiger partial charge in [-0.25, -0.2) is 4.79 Å². The van der Waals surface area contributed by atoms with Gasteiger partial charge in [0.2, 0.25) is 5.91 Å². The highest BCUT2D eigenvalue weighted by Crippen LogP contribution is 2.09. The van der Waals surface area contributed by atoms with Crippen LogP contribution in [0, 0.1) is 0 Å². The summed E-state index contributed by atoms with van der Waals surface area (Å²) in [6.45, 7) is 1.37. The van der Waals surface area contributed by atoms with Crippen LogP contribution in [0.25, 0.3) is 0 Å². The van der Waals surface area contributed by atoms with Crippen LogP contribution in [0.1, 0.15) is 40.6 Å². The van der Waals surface area contributed by atoms with E-state index in [1.165, 1.54) is 23.8 Å². The number of hydrogen-bond donors (Lipinski definition) is 3. The Morgan fingerprint density at radius 3 is 2.43 bits per heavy atom. The first-order valence-corrected chi connectivity index (χ1v) is 6.21. The van der Waals surface area contributed by atoms with Gasteiger partial charge < -0.3 is 20.7 Å². The quantitative estimate of drug-likeness (QED) is 0.593. The van der Waals surface area contributed by atoms with Crippen molar-refractivity contribution in [3.05, 3.63) is 23.5 Å². The largest absolute Gasteiger partial charge is 0.480 e. The summed E-state index contributed by atoms with van der Waals surface area (Å²) in [4.78, 5) is 45.0. The molecule has 0 radical (unpaired) electrons. The minimum absolute atomic E-state index is 0.0968. The third-order valence-electron chi connectivity index (χ3n) is 2.93. The van der Waals surface area contributed by atoms with E-state index in [-0.39, 0.29) is 24.3 Å². The monoisotopic (exact) mass is 295 g/mol. The molecule has 114 valence electrons. The minimum Gasteiger partial charge on any atom is -0.480 e. The first-order chi connectivity index (χ1) is 9.72. The maximum atomic E-state index is 12.0. The number of nitrogens with two attached hydrogens (primary N) is 1. The zero-order chi connectivity index (χ0) is 16.2. The maximum Gasteiger partial charge on any atom is 0.326 e. The predicted molar refractivity (Wildman–Crippen MR) is 72.7 cm³/mol. The third kappa shape index (κ3) is 4.44. The van der Waals surface area contributed by atoms with Crippen LogP contribution in [0.15, 0.2) is 12.3 Å². The number of rotatable bonds is 7. The Bertz CT molecular complexity index is 591. The van der Waals surface area contributed by atoms with E-state index in [0.29, 0.717) is 5.56 Å². The normalized spacial score (nSPS) is 11.7. The lowest BCUT2D eigenvalue weighted by Crippen LogP contribution is -2.41. The van der Waals surface area contributed by atoms with Crippen molar-refractivity contribution < 1.29 is 24.3 Å². The van der Waals surface area contributed by atoms with E-state index in [0.717, 1.165) is 0 Å². The van der Waals surface area contributed by atoms with Gasteiger partial charge in [0.25, 0.3) is 5.91 Å². The summed E-state index contributed by atoms with van der Waals surface area (Å²) >= 11 is 0. The van der Waals surface area contributed by atoms with Crippen molar-refractivity contribution in [1.29, 1.82) is 0 Å². The fourth-order valence-corrected chi connectivity index (χ4v) is 1.76. The van der Waals surface area contributed by atoms with Gasteiger partial charge in [-0.05, 0) is 19.4 Å². The molecule has 0 saturated carbocycles.